The van der Waals surface area contributed by atoms with E-state index in [1.54, 1.807) is 54.6 Å². The van der Waals surface area contributed by atoms with Crippen molar-refractivity contribution < 1.29 is 14.4 Å². The monoisotopic (exact) mass is 297 g/mol. The summed E-state index contributed by atoms with van der Waals surface area (Å²) in [6.45, 7) is 0. The van der Waals surface area contributed by atoms with Crippen molar-refractivity contribution in [1.29, 1.82) is 0 Å². The molecule has 2 aromatic carbocycles. The molecule has 6 amide bonds. The van der Waals surface area contributed by atoms with Gasteiger partial charge < -0.3 is 0 Å². The van der Waals surface area contributed by atoms with E-state index in [1.165, 1.54) is 0 Å². The quantitative estimate of drug-likeness (QED) is 0.744. The van der Waals surface area contributed by atoms with Crippen molar-refractivity contribution in [3.05, 3.63) is 60.7 Å². The van der Waals surface area contributed by atoms with Crippen molar-refractivity contribution in [3.63, 3.8) is 0 Å². The molecule has 1 saturated heterocycles. The Balaban J connectivity index is 2.02. The van der Waals surface area contributed by atoms with Crippen LogP contribution in [-0.2, 0) is 0 Å². The predicted octanol–water partition coefficient (Wildman–Crippen LogP) is 2.57. The fourth-order valence-electron chi connectivity index (χ4n) is 2.23. The molecule has 0 aliphatic carbocycles. The molecule has 7 nitrogen and oxygen atoms in total. The first-order valence-electron chi connectivity index (χ1n) is 6.58. The lowest BCUT2D eigenvalue weighted by atomic mass is 10.3. The summed E-state index contributed by atoms with van der Waals surface area (Å²) in [5.41, 5.74) is 3.24. The normalized spacial score (nSPS) is 20.2. The van der Waals surface area contributed by atoms with Crippen LogP contribution in [0.3, 0.4) is 0 Å². The smallest absolute Gasteiger partial charge is 0.272 e. The Hall–Kier alpha value is -3.19. The van der Waals surface area contributed by atoms with Crippen LogP contribution >= 0.6 is 0 Å². The maximum Gasteiger partial charge on any atom is 0.464 e. The van der Waals surface area contributed by atoms with Crippen LogP contribution < -0.4 is 20.7 Å². The zero-order valence-corrected chi connectivity index (χ0v) is 11.4. The lowest BCUT2D eigenvalue weighted by molar-refractivity contribution is 0.193. The van der Waals surface area contributed by atoms with Gasteiger partial charge in [0.25, 0.3) is 0 Å². The molecule has 0 aromatic heterocycles. The minimum atomic E-state index is -0.964. The maximum absolute atomic E-state index is 12.7. The van der Waals surface area contributed by atoms with Crippen LogP contribution in [0.15, 0.2) is 60.7 Å². The van der Waals surface area contributed by atoms with Gasteiger partial charge in [-0.25, -0.2) is 19.7 Å². The van der Waals surface area contributed by atoms with E-state index in [4.69, 9.17) is 0 Å². The van der Waals surface area contributed by atoms with Gasteiger partial charge in [0, 0.05) is 17.8 Å². The second-order valence-electron chi connectivity index (χ2n) is 4.67. The number of amides is 6. The van der Waals surface area contributed by atoms with Crippen molar-refractivity contribution >= 4 is 29.5 Å². The van der Waals surface area contributed by atoms with Crippen molar-refractivity contribution in [2.24, 2.45) is 0 Å². The molecule has 1 unspecified atom stereocenters. The first-order chi connectivity index (χ1) is 10.6. The number of carbonyl (C=O) groups excluding carboxylic acids is 3. The van der Waals surface area contributed by atoms with Gasteiger partial charge in [-0.2, -0.15) is 5.43 Å². The molecule has 2 aromatic rings. The maximum atomic E-state index is 12.7. The first-order valence-corrected chi connectivity index (χ1v) is 6.58. The minimum absolute atomic E-state index is 0.333. The van der Waals surface area contributed by atoms with Gasteiger partial charge in [-0.3, -0.25) is 5.32 Å². The molecule has 1 aliphatic rings. The molecule has 110 valence electrons. The summed E-state index contributed by atoms with van der Waals surface area (Å²) < 4.78 is -0.964. The number of nitrogens with one attached hydrogen (secondary N) is 3. The average molecular weight is 297 g/mol. The number of nitrogens with zero attached hydrogens (tertiary/aromatic N) is 1. The van der Waals surface area contributed by atoms with E-state index in [0.29, 0.717) is 11.4 Å². The molecule has 7 heteroatoms. The van der Waals surface area contributed by atoms with Crippen LogP contribution in [0.25, 0.3) is 0 Å². The molecular weight excluding hydrogens is 284 g/mol. The Bertz CT molecular complexity index is 733. The second kappa shape index (κ2) is 5.30. The standard InChI is InChI=1S/C15H12N4O3/c20-13-17-15(22)19(18-13,12-9-5-2-6-10-12)14(21)16-11-7-3-1-4-8-11/h1-10H,(H2-,16,17,18,20,21,22)/p+1. The van der Waals surface area contributed by atoms with Crippen LogP contribution in [0.5, 0.6) is 0 Å². The lowest BCUT2D eigenvalue weighted by Gasteiger charge is -2.24. The van der Waals surface area contributed by atoms with Crippen LogP contribution in [0.1, 0.15) is 0 Å². The van der Waals surface area contributed by atoms with Gasteiger partial charge in [0.2, 0.25) is 0 Å². The predicted molar refractivity (Wildman–Crippen MR) is 80.8 cm³/mol. The Morgan fingerprint density at radius 2 is 1.50 bits per heavy atom. The van der Waals surface area contributed by atoms with Gasteiger partial charge in [0.1, 0.15) is 0 Å². The lowest BCUT2D eigenvalue weighted by Crippen LogP contribution is -2.64. The van der Waals surface area contributed by atoms with Gasteiger partial charge in [-0.15, -0.1) is 0 Å². The van der Waals surface area contributed by atoms with Crippen molar-refractivity contribution in [3.8, 4) is 0 Å². The molecule has 1 atom stereocenters. The number of carbonyl (C=O) groups is 3. The summed E-state index contributed by atoms with van der Waals surface area (Å²) in [6, 6.07) is 14.8. The number of benzene rings is 2. The highest BCUT2D eigenvalue weighted by atomic mass is 16.3. The average Bonchev–Trinajstić information content (AvgIpc) is 2.85. The van der Waals surface area contributed by atoms with E-state index in [1.807, 2.05) is 6.07 Å². The van der Waals surface area contributed by atoms with E-state index in [9.17, 15) is 14.4 Å². The third kappa shape index (κ3) is 2.19. The fraction of sp³-hybridized carbons (Fsp3) is 0. The molecule has 1 aliphatic heterocycles. The number of para-hydroxylation sites is 2. The fourth-order valence-corrected chi connectivity index (χ4v) is 2.23. The van der Waals surface area contributed by atoms with Gasteiger partial charge in [-0.1, -0.05) is 36.4 Å². The third-order valence-corrected chi connectivity index (χ3v) is 3.27. The summed E-state index contributed by atoms with van der Waals surface area (Å²) in [5.74, 6) is 0. The summed E-state index contributed by atoms with van der Waals surface area (Å²) >= 11 is 0. The van der Waals surface area contributed by atoms with Crippen LogP contribution in [-0.4, -0.2) is 18.1 Å². The molecule has 1 fully saturated rings. The van der Waals surface area contributed by atoms with E-state index < -0.39 is 22.7 Å². The van der Waals surface area contributed by atoms with E-state index in [-0.39, 0.29) is 0 Å². The number of hydrogen-bond acceptors (Lipinski definition) is 3. The number of rotatable bonds is 2. The van der Waals surface area contributed by atoms with Crippen molar-refractivity contribution in [2.75, 3.05) is 5.32 Å². The molecule has 22 heavy (non-hydrogen) atoms. The molecular formula is C15H13N4O3+. The topological polar surface area (TPSA) is 87.3 Å². The Morgan fingerprint density at radius 3 is 2.05 bits per heavy atom. The molecule has 3 rings (SSSR count). The van der Waals surface area contributed by atoms with Crippen molar-refractivity contribution in [1.82, 2.24) is 15.3 Å². The van der Waals surface area contributed by atoms with E-state index >= 15 is 0 Å². The summed E-state index contributed by atoms with van der Waals surface area (Å²) in [4.78, 5) is 36.5. The summed E-state index contributed by atoms with van der Waals surface area (Å²) in [6.07, 6.45) is 0. The number of hydrogen-bond donors (Lipinski definition) is 3. The van der Waals surface area contributed by atoms with Crippen molar-refractivity contribution in [2.45, 2.75) is 0 Å². The number of anilines is 1. The Morgan fingerprint density at radius 1 is 0.909 bits per heavy atom. The zero-order chi connectivity index (χ0) is 15.6. The van der Waals surface area contributed by atoms with Gasteiger partial charge in [-0.05, 0) is 16.7 Å². The summed E-state index contributed by atoms with van der Waals surface area (Å²) in [7, 11) is 0. The molecule has 0 spiro atoms. The van der Waals surface area contributed by atoms with Gasteiger partial charge >= 0.3 is 18.1 Å². The molecule has 3 N–H and O–H groups in total. The Labute approximate surface area is 126 Å². The molecule has 1 heterocycles. The molecule has 0 bridgehead atoms. The van der Waals surface area contributed by atoms with E-state index in [0.717, 1.165) is 0 Å². The number of quaternary nitrogens is 1. The Kier molecular flexibility index (Phi) is 3.32. The largest absolute Gasteiger partial charge is 0.464 e. The summed E-state index contributed by atoms with van der Waals surface area (Å²) in [5, 5.41) is 4.73. The molecule has 0 radical (unpaired) electrons. The SMILES string of the molecule is O=C1NC(=O)[N+](C(=O)Nc2ccccc2)(c2ccccc2)N1. The van der Waals surface area contributed by atoms with E-state index in [2.05, 4.69) is 16.1 Å². The third-order valence-electron chi connectivity index (χ3n) is 3.27. The highest BCUT2D eigenvalue weighted by Crippen LogP contribution is 2.25. The zero-order valence-electron chi connectivity index (χ0n) is 11.4. The van der Waals surface area contributed by atoms with Gasteiger partial charge in [0.05, 0.1) is 0 Å². The highest BCUT2D eigenvalue weighted by molar-refractivity contribution is 6.19. The van der Waals surface area contributed by atoms with Crippen LogP contribution in [0, 0.1) is 0 Å². The number of imide groups is 2. The molecule has 0 saturated carbocycles. The number of urea groups is 3. The first kappa shape index (κ1) is 13.8. The minimum Gasteiger partial charge on any atom is -0.272 e. The second-order valence-corrected chi connectivity index (χ2v) is 4.67. The van der Waals surface area contributed by atoms with Crippen LogP contribution in [0.4, 0.5) is 25.8 Å². The van der Waals surface area contributed by atoms with Crippen LogP contribution in [0.2, 0.25) is 0 Å². The highest BCUT2D eigenvalue weighted by Gasteiger charge is 2.56. The van der Waals surface area contributed by atoms with Gasteiger partial charge in [0.15, 0.2) is 5.69 Å².